The van der Waals surface area contributed by atoms with Crippen LogP contribution in [-0.2, 0) is 0 Å². The summed E-state index contributed by atoms with van der Waals surface area (Å²) in [6.07, 6.45) is 6.28. The standard InChI is InChI=1S/C13H14N4O/c1-2-10(7-14-4-1)12-6-13(17-9-16-12)18-11-3-5-15-8-11/h1-2,4,6-7,9,11,15H,3,5,8H2. The molecular formula is C13H14N4O. The van der Waals surface area contributed by atoms with Crippen molar-refractivity contribution in [2.24, 2.45) is 0 Å². The van der Waals surface area contributed by atoms with E-state index >= 15 is 0 Å². The molecule has 0 spiro atoms. The summed E-state index contributed by atoms with van der Waals surface area (Å²) < 4.78 is 5.80. The number of nitrogens with one attached hydrogen (secondary N) is 1. The van der Waals surface area contributed by atoms with Crippen molar-refractivity contribution in [2.45, 2.75) is 12.5 Å². The highest BCUT2D eigenvalue weighted by molar-refractivity contribution is 5.58. The van der Waals surface area contributed by atoms with E-state index in [9.17, 15) is 0 Å². The molecule has 0 aliphatic carbocycles. The van der Waals surface area contributed by atoms with Gasteiger partial charge in [-0.2, -0.15) is 0 Å². The summed E-state index contributed by atoms with van der Waals surface area (Å²) in [5, 5.41) is 3.26. The van der Waals surface area contributed by atoms with Gasteiger partial charge in [-0.3, -0.25) is 4.98 Å². The first-order chi connectivity index (χ1) is 8.92. The van der Waals surface area contributed by atoms with E-state index in [4.69, 9.17) is 4.74 Å². The predicted molar refractivity (Wildman–Crippen MR) is 67.2 cm³/mol. The average molecular weight is 242 g/mol. The minimum atomic E-state index is 0.210. The smallest absolute Gasteiger partial charge is 0.217 e. The summed E-state index contributed by atoms with van der Waals surface area (Å²) in [7, 11) is 0. The van der Waals surface area contributed by atoms with Crippen LogP contribution >= 0.6 is 0 Å². The van der Waals surface area contributed by atoms with Gasteiger partial charge in [0.2, 0.25) is 5.88 Å². The van der Waals surface area contributed by atoms with Gasteiger partial charge in [0.15, 0.2) is 0 Å². The number of ether oxygens (including phenoxy) is 1. The second-order valence-corrected chi connectivity index (χ2v) is 4.22. The first-order valence-electron chi connectivity index (χ1n) is 6.01. The number of hydrogen-bond acceptors (Lipinski definition) is 5. The van der Waals surface area contributed by atoms with Crippen LogP contribution in [0.15, 0.2) is 36.9 Å². The van der Waals surface area contributed by atoms with Gasteiger partial charge in [0.25, 0.3) is 0 Å². The van der Waals surface area contributed by atoms with E-state index in [0.717, 1.165) is 30.8 Å². The lowest BCUT2D eigenvalue weighted by molar-refractivity contribution is 0.214. The zero-order valence-electron chi connectivity index (χ0n) is 9.91. The molecule has 1 fully saturated rings. The maximum Gasteiger partial charge on any atom is 0.217 e. The Kier molecular flexibility index (Phi) is 3.14. The molecule has 1 atom stereocenters. The molecule has 1 aliphatic heterocycles. The van der Waals surface area contributed by atoms with Crippen molar-refractivity contribution < 1.29 is 4.74 Å². The molecule has 0 saturated carbocycles. The summed E-state index contributed by atoms with van der Waals surface area (Å²) in [4.78, 5) is 12.5. The number of pyridine rings is 1. The zero-order chi connectivity index (χ0) is 12.2. The van der Waals surface area contributed by atoms with Crippen molar-refractivity contribution in [3.05, 3.63) is 36.9 Å². The normalized spacial score (nSPS) is 18.8. The minimum Gasteiger partial charge on any atom is -0.473 e. The molecule has 0 amide bonds. The highest BCUT2D eigenvalue weighted by Gasteiger charge is 2.16. The van der Waals surface area contributed by atoms with Crippen LogP contribution in [0.5, 0.6) is 5.88 Å². The molecule has 18 heavy (non-hydrogen) atoms. The fourth-order valence-corrected chi connectivity index (χ4v) is 1.98. The van der Waals surface area contributed by atoms with Crippen molar-refractivity contribution in [3.8, 4) is 17.1 Å². The third kappa shape index (κ3) is 2.46. The Morgan fingerprint density at radius 2 is 2.33 bits per heavy atom. The first-order valence-corrected chi connectivity index (χ1v) is 6.01. The zero-order valence-corrected chi connectivity index (χ0v) is 9.91. The van der Waals surface area contributed by atoms with Gasteiger partial charge in [0.05, 0.1) is 5.69 Å². The van der Waals surface area contributed by atoms with Gasteiger partial charge >= 0.3 is 0 Å². The minimum absolute atomic E-state index is 0.210. The molecule has 0 bridgehead atoms. The molecule has 1 aliphatic rings. The van der Waals surface area contributed by atoms with Crippen LogP contribution in [0.3, 0.4) is 0 Å². The lowest BCUT2D eigenvalue weighted by Gasteiger charge is -2.11. The third-order valence-electron chi connectivity index (χ3n) is 2.90. The summed E-state index contributed by atoms with van der Waals surface area (Å²) in [5.41, 5.74) is 1.80. The molecule has 0 aromatic carbocycles. The topological polar surface area (TPSA) is 59.9 Å². The summed E-state index contributed by atoms with van der Waals surface area (Å²) in [6, 6.07) is 5.71. The van der Waals surface area contributed by atoms with E-state index in [1.54, 1.807) is 12.4 Å². The highest BCUT2D eigenvalue weighted by Crippen LogP contribution is 2.19. The van der Waals surface area contributed by atoms with Crippen molar-refractivity contribution >= 4 is 0 Å². The molecule has 92 valence electrons. The lowest BCUT2D eigenvalue weighted by atomic mass is 10.2. The van der Waals surface area contributed by atoms with E-state index in [0.29, 0.717) is 5.88 Å². The maximum atomic E-state index is 5.80. The Morgan fingerprint density at radius 3 is 3.11 bits per heavy atom. The second kappa shape index (κ2) is 5.10. The molecule has 3 rings (SSSR count). The predicted octanol–water partition coefficient (Wildman–Crippen LogP) is 1.28. The fourth-order valence-electron chi connectivity index (χ4n) is 1.98. The first kappa shape index (κ1) is 11.1. The molecule has 0 radical (unpaired) electrons. The van der Waals surface area contributed by atoms with Crippen molar-refractivity contribution in [1.82, 2.24) is 20.3 Å². The van der Waals surface area contributed by atoms with Crippen molar-refractivity contribution in [1.29, 1.82) is 0 Å². The van der Waals surface area contributed by atoms with Gasteiger partial charge in [-0.25, -0.2) is 9.97 Å². The number of aromatic nitrogens is 3. The average Bonchev–Trinajstić information content (AvgIpc) is 2.93. The van der Waals surface area contributed by atoms with Crippen molar-refractivity contribution in [3.63, 3.8) is 0 Å². The van der Waals surface area contributed by atoms with Gasteiger partial charge in [-0.1, -0.05) is 0 Å². The van der Waals surface area contributed by atoms with Crippen LogP contribution in [0.4, 0.5) is 0 Å². The van der Waals surface area contributed by atoms with Gasteiger partial charge in [0, 0.05) is 30.6 Å². The van der Waals surface area contributed by atoms with Crippen LogP contribution in [0.25, 0.3) is 11.3 Å². The molecule has 3 heterocycles. The van der Waals surface area contributed by atoms with E-state index in [-0.39, 0.29) is 6.10 Å². The lowest BCUT2D eigenvalue weighted by Crippen LogP contribution is -2.20. The van der Waals surface area contributed by atoms with Gasteiger partial charge < -0.3 is 10.1 Å². The quantitative estimate of drug-likeness (QED) is 0.878. The monoisotopic (exact) mass is 242 g/mol. The maximum absolute atomic E-state index is 5.80. The van der Waals surface area contributed by atoms with Gasteiger partial charge in [0.1, 0.15) is 12.4 Å². The Labute approximate surface area is 105 Å². The Morgan fingerprint density at radius 1 is 1.33 bits per heavy atom. The van der Waals surface area contributed by atoms with E-state index in [2.05, 4.69) is 20.3 Å². The Hall–Kier alpha value is -2.01. The Balaban J connectivity index is 1.80. The molecule has 1 unspecified atom stereocenters. The Bertz CT molecular complexity index is 511. The van der Waals surface area contributed by atoms with Gasteiger partial charge in [-0.05, 0) is 25.1 Å². The number of hydrogen-bond donors (Lipinski definition) is 1. The van der Waals surface area contributed by atoms with E-state index in [1.807, 2.05) is 18.2 Å². The van der Waals surface area contributed by atoms with Crippen LogP contribution in [0.2, 0.25) is 0 Å². The SMILES string of the molecule is c1cncc(-c2cc(OC3CCNC3)ncn2)c1. The van der Waals surface area contributed by atoms with Crippen LogP contribution in [-0.4, -0.2) is 34.1 Å². The highest BCUT2D eigenvalue weighted by atomic mass is 16.5. The third-order valence-corrected chi connectivity index (χ3v) is 2.90. The molecule has 2 aromatic heterocycles. The largest absolute Gasteiger partial charge is 0.473 e. The van der Waals surface area contributed by atoms with E-state index < -0.39 is 0 Å². The summed E-state index contributed by atoms with van der Waals surface area (Å²) in [5.74, 6) is 0.623. The fraction of sp³-hybridized carbons (Fsp3) is 0.308. The number of nitrogens with zero attached hydrogens (tertiary/aromatic N) is 3. The van der Waals surface area contributed by atoms with Crippen LogP contribution < -0.4 is 10.1 Å². The molecule has 2 aromatic rings. The van der Waals surface area contributed by atoms with E-state index in [1.165, 1.54) is 6.33 Å². The molecule has 5 nitrogen and oxygen atoms in total. The molecule has 1 N–H and O–H groups in total. The second-order valence-electron chi connectivity index (χ2n) is 4.22. The van der Waals surface area contributed by atoms with Crippen LogP contribution in [0.1, 0.15) is 6.42 Å². The van der Waals surface area contributed by atoms with Gasteiger partial charge in [-0.15, -0.1) is 0 Å². The van der Waals surface area contributed by atoms with Crippen molar-refractivity contribution in [2.75, 3.05) is 13.1 Å². The summed E-state index contributed by atoms with van der Waals surface area (Å²) in [6.45, 7) is 1.89. The molecule has 5 heteroatoms. The van der Waals surface area contributed by atoms with Crippen LogP contribution in [0, 0.1) is 0 Å². The molecular weight excluding hydrogens is 228 g/mol. The number of rotatable bonds is 3. The summed E-state index contributed by atoms with van der Waals surface area (Å²) >= 11 is 0. The molecule has 1 saturated heterocycles.